The van der Waals surface area contributed by atoms with Crippen LogP contribution in [-0.4, -0.2) is 132 Å². The summed E-state index contributed by atoms with van der Waals surface area (Å²) in [7, 11) is 0. The summed E-state index contributed by atoms with van der Waals surface area (Å²) in [5, 5.41) is 11.7. The van der Waals surface area contributed by atoms with E-state index in [4.69, 9.17) is 135 Å². The monoisotopic (exact) mass is 1860 g/mol. The smallest absolute Gasteiger partial charge is 0.220 e. The second kappa shape index (κ2) is 37.5. The molecule has 12 aromatic rings. The fourth-order valence-electron chi connectivity index (χ4n) is 16.0. The van der Waals surface area contributed by atoms with E-state index in [0.717, 1.165) is 0 Å². The van der Waals surface area contributed by atoms with Gasteiger partial charge in [-0.25, -0.2) is 57.4 Å². The Labute approximate surface area is 749 Å². The van der Waals surface area contributed by atoms with Gasteiger partial charge in [-0.1, -0.05) is 121 Å². The molecule has 12 N–H and O–H groups in total. The van der Waals surface area contributed by atoms with E-state index in [-0.39, 0.29) is 185 Å². The van der Waals surface area contributed by atoms with Gasteiger partial charge in [0.2, 0.25) is 23.6 Å². The van der Waals surface area contributed by atoms with Crippen LogP contribution < -0.4 is 63.1 Å². The van der Waals surface area contributed by atoms with Crippen LogP contribution in [-0.2, 0) is 19.2 Å². The number of imidazole rings is 4. The summed E-state index contributed by atoms with van der Waals surface area (Å²) in [6, 6.07) is 6.19. The second-order valence-corrected chi connectivity index (χ2v) is 34.6. The third-order valence-corrected chi connectivity index (χ3v) is 23.7. The number of carbonyl (C=O) groups excluding carboxylic acids is 4. The number of nitrogens with zero attached hydrogens (tertiary/aromatic N) is 12. The van der Waals surface area contributed by atoms with E-state index in [1.165, 1.54) is 0 Å². The van der Waals surface area contributed by atoms with Gasteiger partial charge in [0.1, 0.15) is 91.6 Å². The van der Waals surface area contributed by atoms with Gasteiger partial charge < -0.3 is 63.1 Å². The highest BCUT2D eigenvalue weighted by Gasteiger charge is 2.40. The maximum Gasteiger partial charge on any atom is 0.220 e. The van der Waals surface area contributed by atoms with Gasteiger partial charge in [0.15, 0.2) is 43.9 Å². The molecule has 12 heterocycles. The summed E-state index contributed by atoms with van der Waals surface area (Å²) in [4.78, 5) is 81.5. The highest BCUT2D eigenvalue weighted by Crippen LogP contribution is 2.50. The van der Waals surface area contributed by atoms with Gasteiger partial charge in [-0.05, 0) is 79.7 Å². The number of ether oxygens (including phenoxy) is 4. The molecule has 0 aliphatic carbocycles. The molecule has 0 spiro atoms. The van der Waals surface area contributed by atoms with Crippen molar-refractivity contribution in [2.45, 2.75) is 181 Å². The minimum Gasteiger partial charge on any atom is -0.490 e. The van der Waals surface area contributed by atoms with Crippen LogP contribution in [0.15, 0.2) is 73.8 Å². The zero-order valence-electron chi connectivity index (χ0n) is 69.0. The summed E-state index contributed by atoms with van der Waals surface area (Å²) in [5.41, 5.74) is 29.7. The minimum atomic E-state index is -0.575. The summed E-state index contributed by atoms with van der Waals surface area (Å²) in [5.74, 6) is -1.04. The number of fused-ring (bicyclic) bond motifs is 4. The van der Waals surface area contributed by atoms with Crippen LogP contribution in [0, 0.1) is 23.3 Å². The van der Waals surface area contributed by atoms with Crippen molar-refractivity contribution < 1.29 is 55.7 Å². The number of anilines is 4. The Morgan fingerprint density at radius 3 is 0.685 bits per heavy atom. The lowest BCUT2D eigenvalue weighted by atomic mass is 9.89. The SMILES string of the molecule is CC(C)Oc1c(C(C)c2nc(Cl)c3c(N)nccn23)cc(Cl)c(F)c1C1CNC(=O)C1.CC(C)Oc1c([C@@H](C)c2nc(Cl)c3c(N)nccn23)cc(Cl)c(F)c1C1CNC(=O)C1.CC(C)Oc1c([C@H](C)c2nc(Cl)c3c(N)nccn23)cc(Cl)c(F)c1C1CNC(=O)C1.CC(C)Oc1c([C@H](C)c2nc(Cl)c3c(N)nccn23)cc(Cl)c(F)c1C1CNC(=O)C1. The summed E-state index contributed by atoms with van der Waals surface area (Å²) < 4.78 is 92.3. The number of benzene rings is 4. The van der Waals surface area contributed by atoms with Gasteiger partial charge in [0, 0.05) is 193 Å². The minimum absolute atomic E-state index is 0.0413. The predicted octanol–water partition coefficient (Wildman–Crippen LogP) is 17.2. The number of nitrogens with two attached hydrogens (primary N) is 4. The molecule has 656 valence electrons. The first-order valence-electron chi connectivity index (χ1n) is 39.7. The third kappa shape index (κ3) is 18.3. The molecule has 124 heavy (non-hydrogen) atoms. The maximum absolute atomic E-state index is 15.2. The van der Waals surface area contributed by atoms with Crippen LogP contribution in [0.4, 0.5) is 40.8 Å². The van der Waals surface area contributed by atoms with E-state index in [2.05, 4.69) is 61.1 Å². The number of aromatic nitrogens is 12. The average molecular weight is 1870 g/mol. The first-order chi connectivity index (χ1) is 58.7. The van der Waals surface area contributed by atoms with Crippen molar-refractivity contribution in [1.82, 2.24) is 78.7 Å². The number of hydrogen-bond donors (Lipinski definition) is 8. The lowest BCUT2D eigenvalue weighted by Gasteiger charge is -2.24. The van der Waals surface area contributed by atoms with E-state index in [9.17, 15) is 19.2 Å². The molecule has 40 heteroatoms. The van der Waals surface area contributed by atoms with Gasteiger partial charge in [0.25, 0.3) is 0 Å². The number of rotatable bonds is 20. The topological polar surface area (TPSA) is 378 Å². The molecule has 16 rings (SSSR count). The predicted molar refractivity (Wildman–Crippen MR) is 470 cm³/mol. The fourth-order valence-corrected chi connectivity index (χ4v) is 18.0. The molecule has 4 aromatic carbocycles. The Morgan fingerprint density at radius 1 is 0.339 bits per heavy atom. The van der Waals surface area contributed by atoms with Crippen LogP contribution >= 0.6 is 92.8 Å². The summed E-state index contributed by atoms with van der Waals surface area (Å²) in [6.07, 6.45) is 12.8. The average Bonchev–Trinajstić information content (AvgIpc) is 1.72. The summed E-state index contributed by atoms with van der Waals surface area (Å²) >= 11 is 50.5. The van der Waals surface area contributed by atoms with E-state index in [1.54, 1.807) is 91.4 Å². The molecule has 4 fully saturated rings. The standard InChI is InChI=1S/4C21H22Cl2FN5O2/c4*1-9(2)31-18-12(7-13(22)16(24)15(18)11-6-14(30)27-8-11)10(3)21-28-19(23)17-20(25)26-4-5-29(17)21/h4*4-5,7,9-11H,6,8H2,1-3H3,(H2,25,26)(H,27,30)/t3*10-,11?;/m100./s1. The molecular weight excluding hydrogens is 1780 g/mol. The van der Waals surface area contributed by atoms with E-state index >= 15 is 17.6 Å². The van der Waals surface area contributed by atoms with Gasteiger partial charge in [-0.15, -0.1) is 0 Å². The molecule has 4 aliphatic heterocycles. The number of nitrogen functional groups attached to an aromatic ring is 4. The van der Waals surface area contributed by atoms with E-state index in [0.29, 0.717) is 139 Å². The van der Waals surface area contributed by atoms with Crippen LogP contribution in [0.2, 0.25) is 40.7 Å². The van der Waals surface area contributed by atoms with Crippen molar-refractivity contribution in [2.24, 2.45) is 0 Å². The van der Waals surface area contributed by atoms with Crippen molar-refractivity contribution in [3.05, 3.63) is 206 Å². The number of carbonyl (C=O) groups is 4. The third-order valence-electron chi connectivity index (χ3n) is 21.6. The first kappa shape index (κ1) is 91.4. The van der Waals surface area contributed by atoms with Crippen LogP contribution in [0.1, 0.15) is 224 Å². The zero-order valence-corrected chi connectivity index (χ0v) is 75.0. The number of hydrogen-bond acceptors (Lipinski definition) is 20. The Kier molecular flexibility index (Phi) is 27.6. The lowest BCUT2D eigenvalue weighted by Crippen LogP contribution is -2.17. The molecule has 28 nitrogen and oxygen atoms in total. The fraction of sp³-hybridized carbons (Fsp3) is 0.381. The molecule has 4 aliphatic rings. The van der Waals surface area contributed by atoms with Gasteiger partial charge in [0.05, 0.1) is 44.5 Å². The normalized spacial score (nSPS) is 17.4. The molecule has 4 amide bonds. The lowest BCUT2D eigenvalue weighted by molar-refractivity contribution is -0.120. The van der Waals surface area contributed by atoms with Crippen LogP contribution in [0.5, 0.6) is 23.0 Å². The molecule has 0 radical (unpaired) electrons. The second-order valence-electron chi connectivity index (χ2n) is 31.6. The largest absolute Gasteiger partial charge is 0.490 e. The van der Waals surface area contributed by atoms with Crippen molar-refractivity contribution in [2.75, 3.05) is 49.1 Å². The molecule has 5 unspecified atom stereocenters. The molecular formula is C84H88Cl8F4N20O8. The van der Waals surface area contributed by atoms with E-state index < -0.39 is 23.3 Å². The number of amides is 4. The van der Waals surface area contributed by atoms with Crippen molar-refractivity contribution in [3.63, 3.8) is 0 Å². The van der Waals surface area contributed by atoms with Crippen LogP contribution in [0.25, 0.3) is 22.1 Å². The first-order valence-corrected chi connectivity index (χ1v) is 42.7. The van der Waals surface area contributed by atoms with Crippen LogP contribution in [0.3, 0.4) is 0 Å². The Morgan fingerprint density at radius 2 is 0.524 bits per heavy atom. The quantitative estimate of drug-likeness (QED) is 0.0329. The summed E-state index contributed by atoms with van der Waals surface area (Å²) in [6.45, 7) is 23.7. The van der Waals surface area contributed by atoms with Crippen molar-refractivity contribution in [1.29, 1.82) is 0 Å². The van der Waals surface area contributed by atoms with Gasteiger partial charge in [-0.2, -0.15) is 0 Å². The maximum atomic E-state index is 15.2. The van der Waals surface area contributed by atoms with Gasteiger partial charge in [-0.3, -0.25) is 36.8 Å². The van der Waals surface area contributed by atoms with E-state index in [1.807, 2.05) is 83.1 Å². The molecule has 4 saturated heterocycles. The Bertz CT molecular complexity index is 5460. The van der Waals surface area contributed by atoms with Crippen molar-refractivity contribution in [3.8, 4) is 23.0 Å². The molecule has 0 bridgehead atoms. The molecule has 8 atom stereocenters. The Balaban J connectivity index is 0.000000142. The molecule has 8 aromatic heterocycles. The number of nitrogens with one attached hydrogen (secondary N) is 4. The van der Waals surface area contributed by atoms with Gasteiger partial charge >= 0.3 is 0 Å². The number of halogens is 12. The van der Waals surface area contributed by atoms with Crippen molar-refractivity contribution >= 4 is 162 Å². The highest BCUT2D eigenvalue weighted by molar-refractivity contribution is 6.35. The molecule has 0 saturated carbocycles. The highest BCUT2D eigenvalue weighted by atomic mass is 35.5. The zero-order chi connectivity index (χ0) is 89.8. The Hall–Kier alpha value is -10.3.